The van der Waals surface area contributed by atoms with Crippen molar-refractivity contribution in [1.82, 2.24) is 9.78 Å². The predicted molar refractivity (Wildman–Crippen MR) is 70.5 cm³/mol. The first-order valence-corrected chi connectivity index (χ1v) is 5.83. The molecule has 0 bridgehead atoms. The lowest BCUT2D eigenvalue weighted by Crippen LogP contribution is -2.06. The van der Waals surface area contributed by atoms with Crippen molar-refractivity contribution in [1.29, 1.82) is 0 Å². The van der Waals surface area contributed by atoms with Crippen LogP contribution < -0.4 is 4.74 Å². The summed E-state index contributed by atoms with van der Waals surface area (Å²) < 4.78 is 7.04. The van der Waals surface area contributed by atoms with Crippen molar-refractivity contribution in [2.24, 2.45) is 0 Å². The van der Waals surface area contributed by atoms with Crippen LogP contribution in [0.15, 0.2) is 24.3 Å². The molecular weight excluding hydrogens is 246 g/mol. The molecule has 0 aliphatic heterocycles. The normalized spacial score (nSPS) is 10.5. The summed E-state index contributed by atoms with van der Waals surface area (Å²) in [6, 6.07) is 6.53. The number of benzene rings is 1. The third-order valence-corrected chi connectivity index (χ3v) is 2.90. The van der Waals surface area contributed by atoms with Gasteiger partial charge in [-0.15, -0.1) is 0 Å². The third-order valence-electron chi connectivity index (χ3n) is 2.90. The first-order chi connectivity index (χ1) is 9.01. The zero-order chi connectivity index (χ0) is 14.0. The van der Waals surface area contributed by atoms with Gasteiger partial charge in [0.05, 0.1) is 24.3 Å². The fourth-order valence-corrected chi connectivity index (χ4v) is 2.00. The van der Waals surface area contributed by atoms with Crippen LogP contribution in [0.4, 0.5) is 5.69 Å². The van der Waals surface area contributed by atoms with E-state index in [1.54, 1.807) is 17.9 Å². The number of nitro benzene ring substituents is 1. The molecule has 6 nitrogen and oxygen atoms in total. The maximum absolute atomic E-state index is 10.8. The van der Waals surface area contributed by atoms with Crippen molar-refractivity contribution in [2.75, 3.05) is 7.11 Å². The van der Waals surface area contributed by atoms with Crippen molar-refractivity contribution >= 4 is 5.69 Å². The van der Waals surface area contributed by atoms with Gasteiger partial charge >= 0.3 is 0 Å². The van der Waals surface area contributed by atoms with Crippen LogP contribution in [-0.2, 0) is 6.54 Å². The van der Waals surface area contributed by atoms with Gasteiger partial charge in [-0.1, -0.05) is 0 Å². The minimum atomic E-state index is -0.413. The first-order valence-electron chi connectivity index (χ1n) is 5.83. The molecule has 1 aromatic heterocycles. The Hall–Kier alpha value is -2.37. The van der Waals surface area contributed by atoms with Gasteiger partial charge in [-0.2, -0.15) is 5.10 Å². The van der Waals surface area contributed by atoms with Crippen LogP contribution in [-0.4, -0.2) is 21.8 Å². The monoisotopic (exact) mass is 261 g/mol. The highest BCUT2D eigenvalue weighted by atomic mass is 16.6. The fourth-order valence-electron chi connectivity index (χ4n) is 2.00. The maximum atomic E-state index is 10.8. The van der Waals surface area contributed by atoms with Crippen LogP contribution in [0.1, 0.15) is 17.0 Å². The topological polar surface area (TPSA) is 70.2 Å². The number of non-ortho nitro benzene ring substituents is 1. The Labute approximate surface area is 110 Å². The summed E-state index contributed by atoms with van der Waals surface area (Å²) in [5.74, 6) is 0.623. The fraction of sp³-hybridized carbons (Fsp3) is 0.308. The van der Waals surface area contributed by atoms with E-state index in [9.17, 15) is 10.1 Å². The molecule has 2 rings (SSSR count). The van der Waals surface area contributed by atoms with Crippen LogP contribution in [0.5, 0.6) is 5.75 Å². The van der Waals surface area contributed by atoms with Crippen LogP contribution in [0.25, 0.3) is 0 Å². The van der Waals surface area contributed by atoms with E-state index < -0.39 is 4.92 Å². The average Bonchev–Trinajstić information content (AvgIpc) is 2.67. The molecule has 0 N–H and O–H groups in total. The first kappa shape index (κ1) is 13.1. The number of aromatic nitrogens is 2. The molecule has 0 amide bonds. The number of nitro groups is 1. The van der Waals surface area contributed by atoms with Crippen molar-refractivity contribution in [3.63, 3.8) is 0 Å². The van der Waals surface area contributed by atoms with Crippen molar-refractivity contribution in [3.8, 4) is 5.75 Å². The summed E-state index contributed by atoms with van der Waals surface area (Å²) in [6.45, 7) is 4.31. The second-order valence-corrected chi connectivity index (χ2v) is 4.34. The van der Waals surface area contributed by atoms with E-state index in [0.717, 1.165) is 17.0 Å². The summed E-state index contributed by atoms with van der Waals surface area (Å²) in [4.78, 5) is 10.4. The molecule has 0 unspecified atom stereocenters. The molecule has 0 saturated carbocycles. The number of methoxy groups -OCH3 is 1. The standard InChI is InChI=1S/C13H15N3O3/c1-9-6-10(2)15(14-9)8-11-7-12(16(17)18)4-5-13(11)19-3/h4-7H,8H2,1-3H3. The molecule has 0 spiro atoms. The highest BCUT2D eigenvalue weighted by molar-refractivity contribution is 5.44. The van der Waals surface area contributed by atoms with Gasteiger partial charge in [-0.3, -0.25) is 14.8 Å². The molecule has 100 valence electrons. The third kappa shape index (κ3) is 2.73. The molecule has 19 heavy (non-hydrogen) atoms. The maximum Gasteiger partial charge on any atom is 0.270 e. The van der Waals surface area contributed by atoms with Crippen LogP contribution in [0.2, 0.25) is 0 Å². The number of hydrogen-bond donors (Lipinski definition) is 0. The van der Waals surface area contributed by atoms with Gasteiger partial charge in [0, 0.05) is 23.4 Å². The molecular formula is C13H15N3O3. The number of nitrogens with zero attached hydrogens (tertiary/aromatic N) is 3. The van der Waals surface area contributed by atoms with E-state index in [1.165, 1.54) is 12.1 Å². The molecule has 6 heteroatoms. The Morgan fingerprint density at radius 2 is 2.11 bits per heavy atom. The molecule has 1 aromatic carbocycles. The molecule has 0 saturated heterocycles. The Morgan fingerprint density at radius 3 is 2.63 bits per heavy atom. The summed E-state index contributed by atoms with van der Waals surface area (Å²) in [5.41, 5.74) is 2.72. The van der Waals surface area contributed by atoms with E-state index in [2.05, 4.69) is 5.10 Å². The quantitative estimate of drug-likeness (QED) is 0.626. The van der Waals surface area contributed by atoms with Crippen molar-refractivity contribution in [3.05, 3.63) is 51.3 Å². The molecule has 0 radical (unpaired) electrons. The van der Waals surface area contributed by atoms with Crippen LogP contribution >= 0.6 is 0 Å². The number of ether oxygens (including phenoxy) is 1. The van der Waals surface area contributed by atoms with Crippen molar-refractivity contribution < 1.29 is 9.66 Å². The predicted octanol–water partition coefficient (Wildman–Crippen LogP) is 2.47. The minimum Gasteiger partial charge on any atom is -0.496 e. The number of hydrogen-bond acceptors (Lipinski definition) is 4. The Morgan fingerprint density at radius 1 is 1.37 bits per heavy atom. The summed E-state index contributed by atoms with van der Waals surface area (Å²) in [5, 5.41) is 15.2. The molecule has 0 fully saturated rings. The van der Waals surface area contributed by atoms with Crippen LogP contribution in [0, 0.1) is 24.0 Å². The van der Waals surface area contributed by atoms with Gasteiger partial charge in [0.2, 0.25) is 0 Å². The van der Waals surface area contributed by atoms with Gasteiger partial charge in [0.1, 0.15) is 5.75 Å². The Kier molecular flexibility index (Phi) is 3.50. The number of rotatable bonds is 4. The SMILES string of the molecule is COc1ccc([N+](=O)[O-])cc1Cn1nc(C)cc1C. The average molecular weight is 261 g/mol. The largest absolute Gasteiger partial charge is 0.496 e. The van der Waals surface area contributed by atoms with E-state index in [1.807, 2.05) is 19.9 Å². The zero-order valence-electron chi connectivity index (χ0n) is 11.1. The summed E-state index contributed by atoms with van der Waals surface area (Å²) in [6.07, 6.45) is 0. The Bertz CT molecular complexity index is 620. The molecule has 2 aromatic rings. The zero-order valence-corrected chi connectivity index (χ0v) is 11.1. The Balaban J connectivity index is 2.39. The van der Waals surface area contributed by atoms with Gasteiger partial charge in [0.15, 0.2) is 0 Å². The van der Waals surface area contributed by atoms with Gasteiger partial charge in [-0.25, -0.2) is 0 Å². The second-order valence-electron chi connectivity index (χ2n) is 4.34. The summed E-state index contributed by atoms with van der Waals surface area (Å²) in [7, 11) is 1.55. The number of aryl methyl sites for hydroxylation is 2. The second kappa shape index (κ2) is 5.09. The van der Waals surface area contributed by atoms with Crippen LogP contribution in [0.3, 0.4) is 0 Å². The molecule has 0 aliphatic rings. The lowest BCUT2D eigenvalue weighted by molar-refractivity contribution is -0.384. The minimum absolute atomic E-state index is 0.0531. The van der Waals surface area contributed by atoms with E-state index in [-0.39, 0.29) is 5.69 Å². The van der Waals surface area contributed by atoms with Gasteiger partial charge in [0.25, 0.3) is 5.69 Å². The van der Waals surface area contributed by atoms with E-state index >= 15 is 0 Å². The molecule has 0 atom stereocenters. The smallest absolute Gasteiger partial charge is 0.270 e. The highest BCUT2D eigenvalue weighted by Crippen LogP contribution is 2.25. The van der Waals surface area contributed by atoms with Crippen molar-refractivity contribution in [2.45, 2.75) is 20.4 Å². The molecule has 0 aliphatic carbocycles. The van der Waals surface area contributed by atoms with Gasteiger partial charge < -0.3 is 4.74 Å². The molecule has 1 heterocycles. The van der Waals surface area contributed by atoms with E-state index in [0.29, 0.717) is 12.3 Å². The van der Waals surface area contributed by atoms with E-state index in [4.69, 9.17) is 4.74 Å². The lowest BCUT2D eigenvalue weighted by Gasteiger charge is -2.09. The summed E-state index contributed by atoms with van der Waals surface area (Å²) >= 11 is 0. The lowest BCUT2D eigenvalue weighted by atomic mass is 10.1. The highest BCUT2D eigenvalue weighted by Gasteiger charge is 2.13. The van der Waals surface area contributed by atoms with Gasteiger partial charge in [-0.05, 0) is 26.0 Å².